The van der Waals surface area contributed by atoms with Gasteiger partial charge in [-0.15, -0.1) is 0 Å². The van der Waals surface area contributed by atoms with Crippen LogP contribution in [0.2, 0.25) is 0 Å². The number of Topliss-reactive ketones (excluding diaryl/α,β-unsaturated/α-hetero) is 1. The molecule has 0 unspecified atom stereocenters. The fourth-order valence-electron chi connectivity index (χ4n) is 1.79. The highest BCUT2D eigenvalue weighted by atomic mass is 127. The third-order valence-corrected chi connectivity index (χ3v) is 5.04. The molecular weight excluding hydrogens is 499 g/mol. The van der Waals surface area contributed by atoms with Gasteiger partial charge >= 0.3 is 0 Å². The number of carbonyl (C=O) groups is 1. The predicted molar refractivity (Wildman–Crippen MR) is 95.6 cm³/mol. The second-order valence-electron chi connectivity index (χ2n) is 4.18. The lowest BCUT2D eigenvalue weighted by Gasteiger charge is -2.08. The smallest absolute Gasteiger partial charge is 0.168 e. The van der Waals surface area contributed by atoms with Gasteiger partial charge < -0.3 is 4.74 Å². The maximum absolute atomic E-state index is 12.5. The normalized spacial score (nSPS) is 10.4. The SMILES string of the molecule is COc1ccc(Br)c(CC(=O)c2cc(Br)ccc2I)c1. The predicted octanol–water partition coefficient (Wildman–Crippen LogP) is 5.25. The van der Waals surface area contributed by atoms with Crippen LogP contribution in [0.15, 0.2) is 45.3 Å². The van der Waals surface area contributed by atoms with Gasteiger partial charge in [0.15, 0.2) is 5.78 Å². The molecular formula is C15H11Br2IO2. The average Bonchev–Trinajstić information content (AvgIpc) is 2.43. The number of hydrogen-bond donors (Lipinski definition) is 0. The van der Waals surface area contributed by atoms with Crippen LogP contribution < -0.4 is 4.74 Å². The first-order valence-corrected chi connectivity index (χ1v) is 8.48. The molecule has 0 saturated heterocycles. The Bertz CT molecular complexity index is 656. The molecule has 5 heteroatoms. The van der Waals surface area contributed by atoms with Gasteiger partial charge in [0.25, 0.3) is 0 Å². The van der Waals surface area contributed by atoms with Crippen molar-refractivity contribution in [1.82, 2.24) is 0 Å². The van der Waals surface area contributed by atoms with Crippen molar-refractivity contribution >= 4 is 60.2 Å². The van der Waals surface area contributed by atoms with Gasteiger partial charge in [-0.3, -0.25) is 4.79 Å². The van der Waals surface area contributed by atoms with E-state index < -0.39 is 0 Å². The van der Waals surface area contributed by atoms with Crippen molar-refractivity contribution in [1.29, 1.82) is 0 Å². The molecule has 2 nitrogen and oxygen atoms in total. The molecule has 0 saturated carbocycles. The van der Waals surface area contributed by atoms with Crippen LogP contribution in [0.25, 0.3) is 0 Å². The Labute approximate surface area is 148 Å². The average molecular weight is 510 g/mol. The van der Waals surface area contributed by atoms with Crippen LogP contribution in [0.1, 0.15) is 15.9 Å². The summed E-state index contributed by atoms with van der Waals surface area (Å²) in [4.78, 5) is 12.5. The Morgan fingerprint density at radius 3 is 2.65 bits per heavy atom. The minimum Gasteiger partial charge on any atom is -0.497 e. The van der Waals surface area contributed by atoms with E-state index in [0.717, 1.165) is 29.4 Å². The molecule has 2 rings (SSSR count). The van der Waals surface area contributed by atoms with Gasteiger partial charge in [0, 0.05) is 24.5 Å². The molecule has 0 heterocycles. The van der Waals surface area contributed by atoms with Gasteiger partial charge in [-0.25, -0.2) is 0 Å². The van der Waals surface area contributed by atoms with Gasteiger partial charge in [0.2, 0.25) is 0 Å². The number of halogens is 3. The number of methoxy groups -OCH3 is 1. The van der Waals surface area contributed by atoms with Gasteiger partial charge in [-0.2, -0.15) is 0 Å². The van der Waals surface area contributed by atoms with Crippen molar-refractivity contribution in [3.63, 3.8) is 0 Å². The number of rotatable bonds is 4. The highest BCUT2D eigenvalue weighted by Crippen LogP contribution is 2.25. The van der Waals surface area contributed by atoms with Crippen molar-refractivity contribution in [2.24, 2.45) is 0 Å². The number of carbonyl (C=O) groups excluding carboxylic acids is 1. The van der Waals surface area contributed by atoms with Gasteiger partial charge in [-0.1, -0.05) is 31.9 Å². The monoisotopic (exact) mass is 508 g/mol. The first-order valence-electron chi connectivity index (χ1n) is 5.82. The van der Waals surface area contributed by atoms with Crippen LogP contribution in [0.3, 0.4) is 0 Å². The summed E-state index contributed by atoms with van der Waals surface area (Å²) in [5.74, 6) is 0.838. The van der Waals surface area contributed by atoms with E-state index in [1.54, 1.807) is 7.11 Å². The standard InChI is InChI=1S/C15H11Br2IO2/c1-20-11-3-4-13(17)9(6-11)7-15(19)12-8-10(16)2-5-14(12)18/h2-6,8H,7H2,1H3. The molecule has 0 atom stereocenters. The minimum absolute atomic E-state index is 0.0876. The number of hydrogen-bond acceptors (Lipinski definition) is 2. The fraction of sp³-hybridized carbons (Fsp3) is 0.133. The maximum atomic E-state index is 12.5. The molecule has 0 bridgehead atoms. The van der Waals surface area contributed by atoms with Crippen LogP contribution in [0.4, 0.5) is 0 Å². The second kappa shape index (κ2) is 7.04. The number of ketones is 1. The molecule has 0 aromatic heterocycles. The Kier molecular flexibility index (Phi) is 5.63. The Morgan fingerprint density at radius 2 is 1.95 bits per heavy atom. The van der Waals surface area contributed by atoms with Gasteiger partial charge in [-0.05, 0) is 64.6 Å². The summed E-state index contributed by atoms with van der Waals surface area (Å²) in [5.41, 5.74) is 1.65. The first kappa shape index (κ1) is 16.0. The second-order valence-corrected chi connectivity index (χ2v) is 7.11. The largest absolute Gasteiger partial charge is 0.497 e. The Hall–Kier alpha value is -0.400. The molecule has 20 heavy (non-hydrogen) atoms. The number of benzene rings is 2. The van der Waals surface area contributed by atoms with Crippen LogP contribution in [0.5, 0.6) is 5.75 Å². The van der Waals surface area contributed by atoms with Crippen LogP contribution in [-0.2, 0) is 6.42 Å². The summed E-state index contributed by atoms with van der Waals surface area (Å²) in [6.07, 6.45) is 0.338. The third kappa shape index (κ3) is 3.83. The van der Waals surface area contributed by atoms with E-state index in [9.17, 15) is 4.79 Å². The van der Waals surface area contributed by atoms with E-state index in [2.05, 4.69) is 54.5 Å². The molecule has 0 aliphatic carbocycles. The summed E-state index contributed by atoms with van der Waals surface area (Å²) in [6.45, 7) is 0. The van der Waals surface area contributed by atoms with E-state index in [1.165, 1.54) is 0 Å². The molecule has 2 aromatic carbocycles. The number of ether oxygens (including phenoxy) is 1. The molecule has 0 aliphatic rings. The quantitative estimate of drug-likeness (QED) is 0.416. The third-order valence-electron chi connectivity index (χ3n) is 2.83. The minimum atomic E-state index is 0.0876. The highest BCUT2D eigenvalue weighted by Gasteiger charge is 2.13. The summed E-state index contributed by atoms with van der Waals surface area (Å²) in [5, 5.41) is 0. The van der Waals surface area contributed by atoms with Gasteiger partial charge in [0.05, 0.1) is 7.11 Å². The lowest BCUT2D eigenvalue weighted by Crippen LogP contribution is -2.06. The fourth-order valence-corrected chi connectivity index (χ4v) is 3.18. The summed E-state index contributed by atoms with van der Waals surface area (Å²) in [7, 11) is 1.62. The molecule has 2 aromatic rings. The lowest BCUT2D eigenvalue weighted by atomic mass is 10.0. The first-order chi connectivity index (χ1) is 9.51. The summed E-state index contributed by atoms with van der Waals surface area (Å²) in [6, 6.07) is 11.4. The van der Waals surface area contributed by atoms with Crippen LogP contribution >= 0.6 is 54.5 Å². The van der Waals surface area contributed by atoms with Crippen molar-refractivity contribution < 1.29 is 9.53 Å². The molecule has 0 N–H and O–H groups in total. The van der Waals surface area contributed by atoms with E-state index in [1.807, 2.05) is 36.4 Å². The molecule has 0 spiro atoms. The van der Waals surface area contributed by atoms with E-state index in [0.29, 0.717) is 6.42 Å². The summed E-state index contributed by atoms with van der Waals surface area (Å²) >= 11 is 9.06. The molecule has 0 amide bonds. The molecule has 0 aliphatic heterocycles. The topological polar surface area (TPSA) is 26.3 Å². The van der Waals surface area contributed by atoms with Crippen molar-refractivity contribution in [2.75, 3.05) is 7.11 Å². The van der Waals surface area contributed by atoms with E-state index in [-0.39, 0.29) is 5.78 Å². The zero-order valence-corrected chi connectivity index (χ0v) is 16.0. The maximum Gasteiger partial charge on any atom is 0.168 e. The van der Waals surface area contributed by atoms with Crippen molar-refractivity contribution in [3.05, 3.63) is 60.0 Å². The zero-order valence-electron chi connectivity index (χ0n) is 10.6. The molecule has 0 radical (unpaired) electrons. The lowest BCUT2D eigenvalue weighted by molar-refractivity contribution is 0.0992. The van der Waals surface area contributed by atoms with Crippen LogP contribution in [0, 0.1) is 3.57 Å². The summed E-state index contributed by atoms with van der Waals surface area (Å²) < 4.78 is 7.97. The van der Waals surface area contributed by atoms with Crippen molar-refractivity contribution in [3.8, 4) is 5.75 Å². The Balaban J connectivity index is 2.30. The van der Waals surface area contributed by atoms with Crippen LogP contribution in [-0.4, -0.2) is 12.9 Å². The van der Waals surface area contributed by atoms with E-state index >= 15 is 0 Å². The Morgan fingerprint density at radius 1 is 1.20 bits per heavy atom. The zero-order chi connectivity index (χ0) is 14.7. The molecule has 104 valence electrons. The highest BCUT2D eigenvalue weighted by molar-refractivity contribution is 14.1. The van der Waals surface area contributed by atoms with E-state index in [4.69, 9.17) is 4.74 Å². The van der Waals surface area contributed by atoms with Crippen molar-refractivity contribution in [2.45, 2.75) is 6.42 Å². The van der Waals surface area contributed by atoms with Gasteiger partial charge in [0.1, 0.15) is 5.75 Å². The molecule has 0 fully saturated rings.